The molecule has 1 heterocycles. The first-order chi connectivity index (χ1) is 10.5. The molecule has 4 nitrogen and oxygen atoms in total. The van der Waals surface area contributed by atoms with Crippen molar-refractivity contribution >= 4 is 5.91 Å². The summed E-state index contributed by atoms with van der Waals surface area (Å²) in [5, 5.41) is 3.29. The second kappa shape index (κ2) is 8.08. The summed E-state index contributed by atoms with van der Waals surface area (Å²) in [6.07, 6.45) is 2.61. The van der Waals surface area contributed by atoms with E-state index in [2.05, 4.69) is 10.1 Å². The minimum absolute atomic E-state index is 0.111. The Morgan fingerprint density at radius 2 is 2.14 bits per heavy atom. The van der Waals surface area contributed by atoms with Gasteiger partial charge in [-0.2, -0.15) is 8.78 Å². The Morgan fingerprint density at radius 3 is 2.73 bits per heavy atom. The van der Waals surface area contributed by atoms with Gasteiger partial charge < -0.3 is 15.0 Å². The van der Waals surface area contributed by atoms with Crippen molar-refractivity contribution in [1.82, 2.24) is 10.2 Å². The zero-order valence-corrected chi connectivity index (χ0v) is 12.7. The summed E-state index contributed by atoms with van der Waals surface area (Å²) in [5.74, 6) is 0.837. The summed E-state index contributed by atoms with van der Waals surface area (Å²) >= 11 is 0. The molecule has 1 aliphatic heterocycles. The number of alkyl halides is 2. The van der Waals surface area contributed by atoms with Crippen LogP contribution in [-0.4, -0.2) is 37.6 Å². The van der Waals surface area contributed by atoms with Crippen LogP contribution in [0.5, 0.6) is 5.75 Å². The minimum atomic E-state index is -2.82. The zero-order chi connectivity index (χ0) is 15.9. The summed E-state index contributed by atoms with van der Waals surface area (Å²) < 4.78 is 28.4. The number of nitrogens with zero attached hydrogens (tertiary/aromatic N) is 1. The molecule has 1 saturated heterocycles. The lowest BCUT2D eigenvalue weighted by Crippen LogP contribution is -2.26. The number of hydrogen-bond acceptors (Lipinski definition) is 3. The lowest BCUT2D eigenvalue weighted by Gasteiger charge is -2.18. The van der Waals surface area contributed by atoms with Crippen molar-refractivity contribution in [2.24, 2.45) is 5.92 Å². The second-order valence-electron chi connectivity index (χ2n) is 5.67. The topological polar surface area (TPSA) is 41.6 Å². The van der Waals surface area contributed by atoms with Gasteiger partial charge in [-0.1, -0.05) is 12.1 Å². The van der Waals surface area contributed by atoms with Crippen molar-refractivity contribution in [3.05, 3.63) is 29.8 Å². The molecule has 1 amide bonds. The van der Waals surface area contributed by atoms with Gasteiger partial charge in [-0.15, -0.1) is 0 Å². The quantitative estimate of drug-likeness (QED) is 0.841. The van der Waals surface area contributed by atoms with E-state index in [9.17, 15) is 13.6 Å². The third-order valence-corrected chi connectivity index (χ3v) is 3.92. The van der Waals surface area contributed by atoms with Crippen LogP contribution in [0, 0.1) is 5.92 Å². The Kier molecular flexibility index (Phi) is 6.12. The lowest BCUT2D eigenvalue weighted by atomic mass is 10.0. The number of halogens is 2. The van der Waals surface area contributed by atoms with Crippen molar-refractivity contribution < 1.29 is 18.3 Å². The lowest BCUT2D eigenvalue weighted by molar-refractivity contribution is -0.130. The van der Waals surface area contributed by atoms with E-state index in [-0.39, 0.29) is 11.7 Å². The van der Waals surface area contributed by atoms with Crippen LogP contribution in [0.1, 0.15) is 24.8 Å². The Morgan fingerprint density at radius 1 is 1.41 bits per heavy atom. The van der Waals surface area contributed by atoms with Crippen LogP contribution in [0.3, 0.4) is 0 Å². The van der Waals surface area contributed by atoms with Crippen molar-refractivity contribution in [2.45, 2.75) is 32.4 Å². The van der Waals surface area contributed by atoms with E-state index in [0.29, 0.717) is 18.9 Å². The fourth-order valence-corrected chi connectivity index (χ4v) is 2.62. The van der Waals surface area contributed by atoms with Crippen molar-refractivity contribution in [2.75, 3.05) is 20.1 Å². The molecule has 0 aromatic heterocycles. The highest BCUT2D eigenvalue weighted by Crippen LogP contribution is 2.17. The van der Waals surface area contributed by atoms with Gasteiger partial charge in [0, 0.05) is 20.0 Å². The summed E-state index contributed by atoms with van der Waals surface area (Å²) in [6.45, 7) is -0.304. The highest BCUT2D eigenvalue weighted by atomic mass is 19.3. The van der Waals surface area contributed by atoms with Crippen molar-refractivity contribution in [1.29, 1.82) is 0 Å². The molecule has 0 radical (unpaired) electrons. The van der Waals surface area contributed by atoms with Gasteiger partial charge in [0.1, 0.15) is 5.75 Å². The van der Waals surface area contributed by atoms with Gasteiger partial charge in [0.05, 0.1) is 0 Å². The van der Waals surface area contributed by atoms with E-state index in [1.807, 2.05) is 0 Å². The summed E-state index contributed by atoms with van der Waals surface area (Å²) in [7, 11) is 1.76. The molecular formula is C16H22F2N2O2. The number of carbonyl (C=O) groups excluding carboxylic acids is 1. The number of rotatable bonds is 7. The maximum absolute atomic E-state index is 12.1. The van der Waals surface area contributed by atoms with E-state index < -0.39 is 6.61 Å². The predicted octanol–water partition coefficient (Wildman–Crippen LogP) is 2.64. The Balaban J connectivity index is 1.77. The van der Waals surface area contributed by atoms with Gasteiger partial charge in [0.2, 0.25) is 5.91 Å². The average molecular weight is 312 g/mol. The standard InChI is InChI=1S/C16H22F2N2O2/c1-20(15(21)7-4-12-8-9-19-10-12)11-13-2-5-14(6-3-13)22-16(17)18/h2-3,5-6,12,16,19H,4,7-11H2,1H3. The molecule has 1 aliphatic rings. The summed E-state index contributed by atoms with van der Waals surface area (Å²) in [5.41, 5.74) is 0.889. The van der Waals surface area contributed by atoms with Crippen LogP contribution in [0.4, 0.5) is 8.78 Å². The van der Waals surface area contributed by atoms with Crippen LogP contribution < -0.4 is 10.1 Å². The summed E-state index contributed by atoms with van der Waals surface area (Å²) in [6, 6.07) is 6.37. The first kappa shape index (κ1) is 16.7. The molecule has 0 bridgehead atoms. The van der Waals surface area contributed by atoms with E-state index in [1.165, 1.54) is 12.1 Å². The van der Waals surface area contributed by atoms with E-state index in [4.69, 9.17) is 0 Å². The number of nitrogens with one attached hydrogen (secondary N) is 1. The van der Waals surface area contributed by atoms with Crippen molar-refractivity contribution in [3.8, 4) is 5.75 Å². The van der Waals surface area contributed by atoms with E-state index in [1.54, 1.807) is 24.1 Å². The molecule has 1 N–H and O–H groups in total. The molecule has 1 atom stereocenters. The maximum atomic E-state index is 12.1. The Bertz CT molecular complexity index is 474. The van der Waals surface area contributed by atoms with E-state index >= 15 is 0 Å². The average Bonchev–Trinajstić information content (AvgIpc) is 2.99. The molecule has 122 valence electrons. The van der Waals surface area contributed by atoms with Crippen LogP contribution in [0.15, 0.2) is 24.3 Å². The largest absolute Gasteiger partial charge is 0.435 e. The molecule has 0 spiro atoms. The second-order valence-corrected chi connectivity index (χ2v) is 5.67. The summed E-state index contributed by atoms with van der Waals surface area (Å²) in [4.78, 5) is 13.8. The van der Waals surface area contributed by atoms with Gasteiger partial charge in [0.25, 0.3) is 0 Å². The molecule has 1 unspecified atom stereocenters. The Labute approximate surface area is 129 Å². The highest BCUT2D eigenvalue weighted by Gasteiger charge is 2.17. The van der Waals surface area contributed by atoms with Crippen molar-refractivity contribution in [3.63, 3.8) is 0 Å². The number of benzene rings is 1. The van der Waals surface area contributed by atoms with Crippen LogP contribution in [0.25, 0.3) is 0 Å². The third-order valence-electron chi connectivity index (χ3n) is 3.92. The molecule has 0 saturated carbocycles. The monoisotopic (exact) mass is 312 g/mol. The molecule has 0 aliphatic carbocycles. The molecule has 2 rings (SSSR count). The van der Waals surface area contributed by atoms with Gasteiger partial charge >= 0.3 is 6.61 Å². The predicted molar refractivity (Wildman–Crippen MR) is 79.8 cm³/mol. The highest BCUT2D eigenvalue weighted by molar-refractivity contribution is 5.75. The SMILES string of the molecule is CN(Cc1ccc(OC(F)F)cc1)C(=O)CCC1CCNC1. The molecular weight excluding hydrogens is 290 g/mol. The van der Waals surface area contributed by atoms with Crippen LogP contribution in [0.2, 0.25) is 0 Å². The number of ether oxygens (including phenoxy) is 1. The third kappa shape index (κ3) is 5.26. The molecule has 1 aromatic carbocycles. The Hall–Kier alpha value is -1.69. The van der Waals surface area contributed by atoms with Gasteiger partial charge in [-0.25, -0.2) is 0 Å². The molecule has 6 heteroatoms. The van der Waals surface area contributed by atoms with Gasteiger partial charge in [-0.3, -0.25) is 4.79 Å². The molecule has 1 fully saturated rings. The maximum Gasteiger partial charge on any atom is 0.387 e. The van der Waals surface area contributed by atoms with Gasteiger partial charge in [-0.05, 0) is 49.5 Å². The fraction of sp³-hybridized carbons (Fsp3) is 0.562. The van der Waals surface area contributed by atoms with Crippen LogP contribution >= 0.6 is 0 Å². The zero-order valence-electron chi connectivity index (χ0n) is 12.7. The first-order valence-corrected chi connectivity index (χ1v) is 7.53. The number of carbonyl (C=O) groups is 1. The minimum Gasteiger partial charge on any atom is -0.435 e. The molecule has 1 aromatic rings. The smallest absolute Gasteiger partial charge is 0.387 e. The normalized spacial score (nSPS) is 17.7. The fourth-order valence-electron chi connectivity index (χ4n) is 2.62. The molecule has 22 heavy (non-hydrogen) atoms. The number of amides is 1. The van der Waals surface area contributed by atoms with Gasteiger partial charge in [0.15, 0.2) is 0 Å². The van der Waals surface area contributed by atoms with E-state index in [0.717, 1.165) is 31.5 Å². The van der Waals surface area contributed by atoms with Crippen LogP contribution in [-0.2, 0) is 11.3 Å². The number of hydrogen-bond donors (Lipinski definition) is 1. The first-order valence-electron chi connectivity index (χ1n) is 7.53.